The summed E-state index contributed by atoms with van der Waals surface area (Å²) in [5.41, 5.74) is 2.51. The van der Waals surface area contributed by atoms with Gasteiger partial charge in [0.2, 0.25) is 0 Å². The van der Waals surface area contributed by atoms with Crippen LogP contribution in [0.3, 0.4) is 0 Å². The molecule has 0 atom stereocenters. The molecule has 1 fully saturated rings. The minimum absolute atomic E-state index is 0.0256. The van der Waals surface area contributed by atoms with Crippen molar-refractivity contribution in [2.24, 2.45) is 0 Å². The molecule has 0 aliphatic carbocycles. The molecule has 0 radical (unpaired) electrons. The number of nitrogens with zero attached hydrogens (tertiary/aromatic N) is 4. The average Bonchev–Trinajstić information content (AvgIpc) is 2.67. The Labute approximate surface area is 151 Å². The Bertz CT molecular complexity index is 879. The van der Waals surface area contributed by atoms with E-state index in [0.717, 1.165) is 5.56 Å². The molecule has 3 rings (SSSR count). The molecule has 1 aliphatic rings. The summed E-state index contributed by atoms with van der Waals surface area (Å²) in [7, 11) is 0. The second-order valence-electron chi connectivity index (χ2n) is 6.22. The van der Waals surface area contributed by atoms with Gasteiger partial charge in [0, 0.05) is 37.8 Å². The molecule has 0 bridgehead atoms. The van der Waals surface area contributed by atoms with Crippen LogP contribution in [0.1, 0.15) is 21.5 Å². The Morgan fingerprint density at radius 1 is 1.12 bits per heavy atom. The van der Waals surface area contributed by atoms with Gasteiger partial charge in [-0.1, -0.05) is 17.7 Å². The quantitative estimate of drug-likeness (QED) is 0.627. The van der Waals surface area contributed by atoms with Crippen LogP contribution in [-0.4, -0.2) is 41.9 Å². The van der Waals surface area contributed by atoms with Crippen LogP contribution >= 0.6 is 0 Å². The first-order chi connectivity index (χ1) is 12.5. The van der Waals surface area contributed by atoms with Crippen LogP contribution in [0.2, 0.25) is 0 Å². The molecular weight excluding hydrogens is 332 g/mol. The third-order valence-electron chi connectivity index (χ3n) is 4.51. The van der Waals surface area contributed by atoms with Crippen molar-refractivity contribution in [2.75, 3.05) is 31.1 Å². The van der Waals surface area contributed by atoms with E-state index in [0.29, 0.717) is 43.0 Å². The van der Waals surface area contributed by atoms with E-state index in [1.54, 1.807) is 4.90 Å². The zero-order chi connectivity index (χ0) is 18.7. The monoisotopic (exact) mass is 350 g/mol. The van der Waals surface area contributed by atoms with E-state index in [9.17, 15) is 14.9 Å². The van der Waals surface area contributed by atoms with Crippen molar-refractivity contribution in [3.63, 3.8) is 0 Å². The molecule has 26 heavy (non-hydrogen) atoms. The number of carbonyl (C=O) groups excluding carboxylic acids is 1. The van der Waals surface area contributed by atoms with Gasteiger partial charge in [-0.15, -0.1) is 0 Å². The van der Waals surface area contributed by atoms with Gasteiger partial charge in [0.15, 0.2) is 0 Å². The SMILES string of the molecule is Cc1ccc(C(=O)N2CCN(c3cc(C#N)ccc3[N+](=O)[O-])CC2)cc1. The van der Waals surface area contributed by atoms with Crippen LogP contribution in [0.25, 0.3) is 0 Å². The number of nitriles is 1. The number of hydrogen-bond donors (Lipinski definition) is 0. The maximum atomic E-state index is 12.6. The first kappa shape index (κ1) is 17.4. The zero-order valence-corrected chi connectivity index (χ0v) is 14.4. The standard InChI is InChI=1S/C19H18N4O3/c1-14-2-5-16(6-3-14)19(24)22-10-8-21(9-11-22)18-12-15(13-20)4-7-17(18)23(25)26/h2-7,12H,8-11H2,1H3. The molecular formula is C19H18N4O3. The molecule has 0 unspecified atom stereocenters. The first-order valence-corrected chi connectivity index (χ1v) is 8.29. The lowest BCUT2D eigenvalue weighted by molar-refractivity contribution is -0.384. The van der Waals surface area contributed by atoms with Crippen molar-refractivity contribution in [1.82, 2.24) is 4.90 Å². The molecule has 132 valence electrons. The van der Waals surface area contributed by atoms with Crippen LogP contribution in [-0.2, 0) is 0 Å². The lowest BCUT2D eigenvalue weighted by Gasteiger charge is -2.35. The summed E-state index contributed by atoms with van der Waals surface area (Å²) in [6.45, 7) is 3.87. The molecule has 1 amide bonds. The Morgan fingerprint density at radius 2 is 1.77 bits per heavy atom. The summed E-state index contributed by atoms with van der Waals surface area (Å²) >= 11 is 0. The van der Waals surface area contributed by atoms with E-state index in [4.69, 9.17) is 5.26 Å². The van der Waals surface area contributed by atoms with Crippen LogP contribution in [0.4, 0.5) is 11.4 Å². The van der Waals surface area contributed by atoms with Crippen LogP contribution < -0.4 is 4.90 Å². The van der Waals surface area contributed by atoms with Crippen molar-refractivity contribution in [3.05, 3.63) is 69.3 Å². The first-order valence-electron chi connectivity index (χ1n) is 8.29. The number of benzene rings is 2. The number of rotatable bonds is 3. The molecule has 1 aliphatic heterocycles. The molecule has 0 saturated carbocycles. The Morgan fingerprint density at radius 3 is 2.35 bits per heavy atom. The minimum atomic E-state index is -0.444. The summed E-state index contributed by atoms with van der Waals surface area (Å²) in [6.07, 6.45) is 0. The summed E-state index contributed by atoms with van der Waals surface area (Å²) < 4.78 is 0. The minimum Gasteiger partial charge on any atom is -0.362 e. The molecule has 0 aromatic heterocycles. The smallest absolute Gasteiger partial charge is 0.292 e. The van der Waals surface area contributed by atoms with Gasteiger partial charge in [-0.25, -0.2) is 0 Å². The van der Waals surface area contributed by atoms with E-state index in [-0.39, 0.29) is 11.6 Å². The van der Waals surface area contributed by atoms with E-state index < -0.39 is 4.92 Å². The predicted octanol–water partition coefficient (Wildman–Crippen LogP) is 2.74. The van der Waals surface area contributed by atoms with Gasteiger partial charge in [0.25, 0.3) is 11.6 Å². The second-order valence-corrected chi connectivity index (χ2v) is 6.22. The molecule has 2 aromatic rings. The topological polar surface area (TPSA) is 90.5 Å². The highest BCUT2D eigenvalue weighted by Crippen LogP contribution is 2.30. The van der Waals surface area contributed by atoms with Crippen molar-refractivity contribution >= 4 is 17.3 Å². The van der Waals surface area contributed by atoms with Crippen molar-refractivity contribution in [2.45, 2.75) is 6.92 Å². The number of nitro groups is 1. The Hall–Kier alpha value is -3.40. The van der Waals surface area contributed by atoms with Gasteiger partial charge in [-0.05, 0) is 31.2 Å². The number of amides is 1. The van der Waals surface area contributed by atoms with Crippen LogP contribution in [0, 0.1) is 28.4 Å². The Kier molecular flexibility index (Phi) is 4.85. The molecule has 1 saturated heterocycles. The molecule has 0 spiro atoms. The van der Waals surface area contributed by atoms with Crippen LogP contribution in [0.15, 0.2) is 42.5 Å². The van der Waals surface area contributed by atoms with Crippen molar-refractivity contribution in [1.29, 1.82) is 5.26 Å². The van der Waals surface area contributed by atoms with Gasteiger partial charge < -0.3 is 9.80 Å². The normalized spacial score (nSPS) is 14.0. The van der Waals surface area contributed by atoms with Crippen molar-refractivity contribution < 1.29 is 9.72 Å². The molecule has 2 aromatic carbocycles. The second kappa shape index (κ2) is 7.23. The summed E-state index contributed by atoms with van der Waals surface area (Å²) in [5, 5.41) is 20.3. The number of piperazine rings is 1. The lowest BCUT2D eigenvalue weighted by atomic mass is 10.1. The van der Waals surface area contributed by atoms with Gasteiger partial charge >= 0.3 is 0 Å². The van der Waals surface area contributed by atoms with E-state index in [1.807, 2.05) is 42.2 Å². The van der Waals surface area contributed by atoms with Crippen LogP contribution in [0.5, 0.6) is 0 Å². The zero-order valence-electron chi connectivity index (χ0n) is 14.4. The largest absolute Gasteiger partial charge is 0.362 e. The maximum absolute atomic E-state index is 12.6. The fraction of sp³-hybridized carbons (Fsp3) is 0.263. The third-order valence-corrected chi connectivity index (χ3v) is 4.51. The summed E-state index contributed by atoms with van der Waals surface area (Å²) in [6, 6.07) is 13.8. The third kappa shape index (κ3) is 3.49. The molecule has 1 heterocycles. The number of hydrogen-bond acceptors (Lipinski definition) is 5. The van der Waals surface area contributed by atoms with E-state index in [1.165, 1.54) is 18.2 Å². The lowest BCUT2D eigenvalue weighted by Crippen LogP contribution is -2.49. The fourth-order valence-corrected chi connectivity index (χ4v) is 3.03. The number of nitro benzene ring substituents is 1. The van der Waals surface area contributed by atoms with E-state index in [2.05, 4.69) is 0 Å². The number of aryl methyl sites for hydroxylation is 1. The van der Waals surface area contributed by atoms with Gasteiger partial charge in [-0.3, -0.25) is 14.9 Å². The number of anilines is 1. The molecule has 7 nitrogen and oxygen atoms in total. The van der Waals surface area contributed by atoms with Crippen molar-refractivity contribution in [3.8, 4) is 6.07 Å². The fourth-order valence-electron chi connectivity index (χ4n) is 3.03. The highest BCUT2D eigenvalue weighted by molar-refractivity contribution is 5.94. The highest BCUT2D eigenvalue weighted by Gasteiger charge is 2.26. The van der Waals surface area contributed by atoms with Gasteiger partial charge in [0.1, 0.15) is 5.69 Å². The van der Waals surface area contributed by atoms with E-state index >= 15 is 0 Å². The summed E-state index contributed by atoms with van der Waals surface area (Å²) in [4.78, 5) is 27.0. The predicted molar refractivity (Wildman–Crippen MR) is 97.1 cm³/mol. The average molecular weight is 350 g/mol. The summed E-state index contributed by atoms with van der Waals surface area (Å²) in [5.74, 6) is -0.0371. The highest BCUT2D eigenvalue weighted by atomic mass is 16.6. The van der Waals surface area contributed by atoms with Gasteiger partial charge in [0.05, 0.1) is 16.6 Å². The maximum Gasteiger partial charge on any atom is 0.292 e. The Balaban J connectivity index is 1.74. The molecule has 0 N–H and O–H groups in total. The number of carbonyl (C=O) groups is 1. The van der Waals surface area contributed by atoms with Gasteiger partial charge in [-0.2, -0.15) is 5.26 Å². The molecule has 7 heteroatoms.